The van der Waals surface area contributed by atoms with Gasteiger partial charge in [0.2, 0.25) is 11.8 Å². The van der Waals surface area contributed by atoms with Gasteiger partial charge in [-0.1, -0.05) is 60.7 Å². The highest BCUT2D eigenvalue weighted by Crippen LogP contribution is 2.38. The molecule has 2 aromatic rings. The number of benzene rings is 2. The fraction of sp³-hybridized carbons (Fsp3) is 0.333. The van der Waals surface area contributed by atoms with Crippen LogP contribution in [0.5, 0.6) is 0 Å². The molecule has 0 aliphatic carbocycles. The third kappa shape index (κ3) is 8.78. The molecule has 0 heterocycles. The molecule has 36 heavy (non-hydrogen) atoms. The Hall–Kier alpha value is -3.77. The Morgan fingerprint density at radius 3 is 1.92 bits per heavy atom. The molecular weight excluding hydrogens is 488 g/mol. The smallest absolute Gasteiger partial charge is 0.322 e. The number of carboxylic acid groups (broad SMARTS) is 2. The van der Waals surface area contributed by atoms with Gasteiger partial charge in [0, 0.05) is 23.0 Å². The van der Waals surface area contributed by atoms with Crippen LogP contribution in [0.15, 0.2) is 65.2 Å². The van der Waals surface area contributed by atoms with Gasteiger partial charge < -0.3 is 26.6 Å². The number of hydrogen-bond donors (Lipinski definition) is 5. The van der Waals surface area contributed by atoms with Crippen molar-refractivity contribution >= 4 is 35.7 Å². The summed E-state index contributed by atoms with van der Waals surface area (Å²) in [6, 6.07) is 15.3. The highest BCUT2D eigenvalue weighted by atomic mass is 32.2. The Labute approximate surface area is 211 Å². The molecule has 192 valence electrons. The zero-order chi connectivity index (χ0) is 26.6. The van der Waals surface area contributed by atoms with Crippen LogP contribution in [-0.2, 0) is 32.0 Å². The second kappa shape index (κ2) is 14.0. The molecular formula is C24H28N4O7S. The summed E-state index contributed by atoms with van der Waals surface area (Å²) in [4.78, 5) is 59.9. The largest absolute Gasteiger partial charge is 0.480 e. The predicted molar refractivity (Wildman–Crippen MR) is 134 cm³/mol. The molecule has 0 aromatic heterocycles. The van der Waals surface area contributed by atoms with Crippen LogP contribution in [0.3, 0.4) is 0 Å². The van der Waals surface area contributed by atoms with Gasteiger partial charge in [-0.3, -0.25) is 19.2 Å². The third-order valence-electron chi connectivity index (χ3n) is 5.42. The van der Waals surface area contributed by atoms with Crippen molar-refractivity contribution in [1.29, 1.82) is 0 Å². The van der Waals surface area contributed by atoms with Gasteiger partial charge in [-0.15, -0.1) is 4.91 Å². The number of nitrogens with zero attached hydrogens (tertiary/aromatic N) is 1. The number of carbonyl (C=O) groups is 4. The molecule has 1 unspecified atom stereocenters. The second-order valence-corrected chi connectivity index (χ2v) is 9.30. The Bertz CT molecular complexity index is 1010. The highest BCUT2D eigenvalue weighted by Gasteiger charge is 2.46. The number of amides is 2. The number of aliphatic carboxylic acids is 2. The lowest BCUT2D eigenvalue weighted by molar-refractivity contribution is -0.139. The van der Waals surface area contributed by atoms with Crippen molar-refractivity contribution in [2.45, 2.75) is 42.5 Å². The Morgan fingerprint density at radius 2 is 1.47 bits per heavy atom. The molecule has 2 atom stereocenters. The minimum absolute atomic E-state index is 0.124. The summed E-state index contributed by atoms with van der Waals surface area (Å²) in [6.07, 6.45) is -0.241. The molecule has 2 aromatic carbocycles. The first-order valence-electron chi connectivity index (χ1n) is 11.0. The van der Waals surface area contributed by atoms with Crippen LogP contribution in [0.25, 0.3) is 0 Å². The fourth-order valence-corrected chi connectivity index (χ4v) is 4.57. The number of rotatable bonds is 15. The SMILES string of the molecule is N[C@@H](CCC(=O)NC(C(=O)NCC(=O)O)C(Cc1ccccc1)(Cc1ccccc1)SN=O)C(=O)O. The quantitative estimate of drug-likeness (QED) is 0.173. The topological polar surface area (TPSA) is 188 Å². The van der Waals surface area contributed by atoms with Crippen LogP contribution >= 0.6 is 11.9 Å². The zero-order valence-corrected chi connectivity index (χ0v) is 20.1. The van der Waals surface area contributed by atoms with E-state index in [9.17, 15) is 24.1 Å². The van der Waals surface area contributed by atoms with E-state index < -0.39 is 47.1 Å². The van der Waals surface area contributed by atoms with Crippen molar-refractivity contribution in [2.24, 2.45) is 10.3 Å². The summed E-state index contributed by atoms with van der Waals surface area (Å²) >= 11 is 0.583. The van der Waals surface area contributed by atoms with E-state index >= 15 is 0 Å². The number of hydrogen-bond acceptors (Lipinski definition) is 8. The van der Waals surface area contributed by atoms with E-state index in [2.05, 4.69) is 15.2 Å². The number of nitrogens with one attached hydrogen (secondary N) is 2. The van der Waals surface area contributed by atoms with Crippen molar-refractivity contribution < 1.29 is 29.4 Å². The lowest BCUT2D eigenvalue weighted by Crippen LogP contribution is -2.61. The zero-order valence-electron chi connectivity index (χ0n) is 19.3. The monoisotopic (exact) mass is 516 g/mol. The predicted octanol–water partition coefficient (Wildman–Crippen LogP) is 1.50. The van der Waals surface area contributed by atoms with Gasteiger partial charge in [-0.05, 0) is 30.4 Å². The first-order valence-corrected chi connectivity index (χ1v) is 11.8. The van der Waals surface area contributed by atoms with E-state index in [1.165, 1.54) is 0 Å². The molecule has 0 aliphatic rings. The third-order valence-corrected chi connectivity index (χ3v) is 6.38. The molecule has 0 saturated carbocycles. The standard InChI is InChI=1S/C24H28N4O7S/c25-18(23(33)34)11-12-19(29)27-21(22(32)26-15-20(30)31)24(36-28-35,13-16-7-3-1-4-8-16)14-17-9-5-2-6-10-17/h1-10,18,21H,11-15,25H2,(H,26,32)(H,27,29)(H,30,31)(H,33,34)/t18-,21?/m0/s1. The maximum atomic E-state index is 13.3. The minimum Gasteiger partial charge on any atom is -0.480 e. The van der Waals surface area contributed by atoms with Crippen LogP contribution in [0.2, 0.25) is 0 Å². The first-order chi connectivity index (χ1) is 17.2. The highest BCUT2D eigenvalue weighted by molar-refractivity contribution is 7.99. The van der Waals surface area contributed by atoms with E-state index in [1.807, 2.05) is 0 Å². The van der Waals surface area contributed by atoms with Crippen molar-refractivity contribution in [2.75, 3.05) is 6.54 Å². The number of nitrogens with two attached hydrogens (primary N) is 1. The van der Waals surface area contributed by atoms with Gasteiger partial charge in [0.1, 0.15) is 18.6 Å². The van der Waals surface area contributed by atoms with Gasteiger partial charge in [0.05, 0.1) is 4.75 Å². The van der Waals surface area contributed by atoms with Crippen LogP contribution < -0.4 is 16.4 Å². The number of carbonyl (C=O) groups excluding carboxylic acids is 2. The van der Waals surface area contributed by atoms with Gasteiger partial charge in [0.25, 0.3) is 0 Å². The van der Waals surface area contributed by atoms with Crippen molar-refractivity contribution in [3.8, 4) is 0 Å². The van der Waals surface area contributed by atoms with Gasteiger partial charge in [-0.25, -0.2) is 0 Å². The molecule has 0 saturated heterocycles. The van der Waals surface area contributed by atoms with E-state index in [-0.39, 0.29) is 25.7 Å². The molecule has 2 rings (SSSR count). The molecule has 2 amide bonds. The Balaban J connectivity index is 2.50. The summed E-state index contributed by atoms with van der Waals surface area (Å²) in [6.45, 7) is -0.707. The molecule has 0 radical (unpaired) electrons. The molecule has 11 nitrogen and oxygen atoms in total. The van der Waals surface area contributed by atoms with Crippen molar-refractivity contribution in [1.82, 2.24) is 10.6 Å². The van der Waals surface area contributed by atoms with E-state index in [1.54, 1.807) is 60.7 Å². The van der Waals surface area contributed by atoms with E-state index in [0.29, 0.717) is 11.9 Å². The normalized spacial score (nSPS) is 12.7. The summed E-state index contributed by atoms with van der Waals surface area (Å²) in [5, 5.41) is 22.9. The first kappa shape index (κ1) is 28.5. The molecule has 0 bridgehead atoms. The molecule has 6 N–H and O–H groups in total. The van der Waals surface area contributed by atoms with Crippen LogP contribution in [-0.4, -0.2) is 57.3 Å². The van der Waals surface area contributed by atoms with Gasteiger partial charge >= 0.3 is 11.9 Å². The summed E-state index contributed by atoms with van der Waals surface area (Å²) in [5.74, 6) is -4.07. The summed E-state index contributed by atoms with van der Waals surface area (Å²) in [5.41, 5.74) is 6.99. The molecule has 12 heteroatoms. The summed E-state index contributed by atoms with van der Waals surface area (Å²) in [7, 11) is 0. The fourth-order valence-electron chi connectivity index (χ4n) is 3.68. The number of carboxylic acids is 2. The van der Waals surface area contributed by atoms with Crippen molar-refractivity contribution in [3.05, 3.63) is 76.7 Å². The van der Waals surface area contributed by atoms with Crippen LogP contribution in [0, 0.1) is 4.91 Å². The van der Waals surface area contributed by atoms with Crippen LogP contribution in [0.4, 0.5) is 0 Å². The number of nitroso groups, excluding NO2 is 1. The Morgan fingerprint density at radius 1 is 0.944 bits per heavy atom. The van der Waals surface area contributed by atoms with E-state index in [0.717, 1.165) is 11.1 Å². The molecule has 0 fully saturated rings. The van der Waals surface area contributed by atoms with Gasteiger partial charge in [0.15, 0.2) is 0 Å². The minimum atomic E-state index is -1.39. The summed E-state index contributed by atoms with van der Waals surface area (Å²) < 4.78 is 1.68. The second-order valence-electron chi connectivity index (χ2n) is 8.15. The molecule has 0 aliphatic heterocycles. The maximum absolute atomic E-state index is 13.3. The maximum Gasteiger partial charge on any atom is 0.322 e. The average Bonchev–Trinajstić information content (AvgIpc) is 2.85. The Kier molecular flexibility index (Phi) is 11.0. The van der Waals surface area contributed by atoms with Crippen LogP contribution in [0.1, 0.15) is 24.0 Å². The lowest BCUT2D eigenvalue weighted by Gasteiger charge is -2.37. The lowest BCUT2D eigenvalue weighted by atomic mass is 9.84. The van der Waals surface area contributed by atoms with Gasteiger partial charge in [-0.2, -0.15) is 0 Å². The van der Waals surface area contributed by atoms with E-state index in [4.69, 9.17) is 15.9 Å². The van der Waals surface area contributed by atoms with Crippen molar-refractivity contribution in [3.63, 3.8) is 0 Å². The molecule has 0 spiro atoms. The average molecular weight is 517 g/mol.